The molecule has 0 radical (unpaired) electrons. The molecule has 1 N–H and O–H groups in total. The first kappa shape index (κ1) is 15.7. The normalized spacial score (nSPS) is 28.4. The maximum absolute atomic E-state index is 12.9. The summed E-state index contributed by atoms with van der Waals surface area (Å²) in [6.45, 7) is 0.296. The second-order valence-electron chi connectivity index (χ2n) is 5.54. The summed E-state index contributed by atoms with van der Waals surface area (Å²) in [6, 6.07) is 7.78. The molecular formula is C15H20ClF2NO. The van der Waals surface area contributed by atoms with Gasteiger partial charge < -0.3 is 10.1 Å². The number of alkyl halides is 2. The Balaban J connectivity index is 0.00000147. The number of nitrogens with one attached hydrogen (secondary N) is 1. The standard InChI is InChI=1S/C15H19F2NO.ClH/c16-15(17)14-4-2-1-3-10(14)9-19-13-7-11-5-6-12(8-13)18-11;/h1-4,11-13,15,18H,5-9H2;1H/t11-,12+,13+;. The molecule has 2 heterocycles. The zero-order valence-corrected chi connectivity index (χ0v) is 12.0. The fourth-order valence-corrected chi connectivity index (χ4v) is 3.23. The average molecular weight is 304 g/mol. The lowest BCUT2D eigenvalue weighted by Gasteiger charge is -2.29. The topological polar surface area (TPSA) is 21.3 Å². The van der Waals surface area contributed by atoms with Gasteiger partial charge >= 0.3 is 0 Å². The van der Waals surface area contributed by atoms with Crippen LogP contribution in [0.5, 0.6) is 0 Å². The summed E-state index contributed by atoms with van der Waals surface area (Å²) in [6.07, 6.45) is 2.24. The van der Waals surface area contributed by atoms with E-state index in [4.69, 9.17) is 4.74 Å². The summed E-state index contributed by atoms with van der Waals surface area (Å²) in [5.74, 6) is 0. The van der Waals surface area contributed by atoms with Crippen LogP contribution in [0, 0.1) is 0 Å². The van der Waals surface area contributed by atoms with Crippen molar-refractivity contribution in [1.82, 2.24) is 5.32 Å². The average Bonchev–Trinajstić information content (AvgIpc) is 2.76. The van der Waals surface area contributed by atoms with E-state index in [0.717, 1.165) is 12.8 Å². The zero-order valence-electron chi connectivity index (χ0n) is 11.2. The monoisotopic (exact) mass is 303 g/mol. The van der Waals surface area contributed by atoms with Gasteiger partial charge in [0.05, 0.1) is 12.7 Å². The van der Waals surface area contributed by atoms with Gasteiger partial charge in [-0.3, -0.25) is 0 Å². The molecule has 2 fully saturated rings. The highest BCUT2D eigenvalue weighted by Gasteiger charge is 2.33. The number of hydrogen-bond donors (Lipinski definition) is 1. The van der Waals surface area contributed by atoms with Crippen molar-refractivity contribution in [1.29, 1.82) is 0 Å². The molecule has 112 valence electrons. The van der Waals surface area contributed by atoms with E-state index in [9.17, 15) is 8.78 Å². The van der Waals surface area contributed by atoms with Gasteiger partial charge in [-0.15, -0.1) is 12.4 Å². The van der Waals surface area contributed by atoms with Gasteiger partial charge in [-0.1, -0.05) is 24.3 Å². The molecule has 0 aromatic heterocycles. The van der Waals surface area contributed by atoms with Crippen LogP contribution in [0.25, 0.3) is 0 Å². The van der Waals surface area contributed by atoms with E-state index in [2.05, 4.69) is 5.32 Å². The van der Waals surface area contributed by atoms with Gasteiger partial charge in [0.25, 0.3) is 6.43 Å². The Morgan fingerprint density at radius 3 is 2.45 bits per heavy atom. The van der Waals surface area contributed by atoms with Crippen molar-refractivity contribution in [2.75, 3.05) is 0 Å². The Labute approximate surface area is 124 Å². The number of hydrogen-bond acceptors (Lipinski definition) is 2. The highest BCUT2D eigenvalue weighted by molar-refractivity contribution is 5.85. The minimum atomic E-state index is -2.43. The van der Waals surface area contributed by atoms with Gasteiger partial charge in [-0.25, -0.2) is 8.78 Å². The first-order valence-electron chi connectivity index (χ1n) is 6.96. The molecular weight excluding hydrogens is 284 g/mol. The first-order valence-corrected chi connectivity index (χ1v) is 6.96. The van der Waals surface area contributed by atoms with Gasteiger partial charge in [-0.05, 0) is 31.2 Å². The Morgan fingerprint density at radius 1 is 1.15 bits per heavy atom. The summed E-state index contributed by atoms with van der Waals surface area (Å²) in [4.78, 5) is 0. The van der Waals surface area contributed by atoms with Crippen LogP contribution >= 0.6 is 12.4 Å². The van der Waals surface area contributed by atoms with E-state index < -0.39 is 6.43 Å². The number of rotatable bonds is 4. The minimum absolute atomic E-state index is 0. The number of benzene rings is 1. The summed E-state index contributed by atoms with van der Waals surface area (Å²) in [5.41, 5.74) is 0.711. The molecule has 0 unspecified atom stereocenters. The maximum Gasteiger partial charge on any atom is 0.264 e. The fourth-order valence-electron chi connectivity index (χ4n) is 3.23. The Kier molecular flexibility index (Phi) is 5.35. The van der Waals surface area contributed by atoms with E-state index in [1.54, 1.807) is 18.2 Å². The molecule has 20 heavy (non-hydrogen) atoms. The Bertz CT molecular complexity index is 432. The van der Waals surface area contributed by atoms with Crippen LogP contribution in [0.1, 0.15) is 43.2 Å². The smallest absolute Gasteiger partial charge is 0.264 e. The van der Waals surface area contributed by atoms with Crippen LogP contribution in [0.15, 0.2) is 24.3 Å². The van der Waals surface area contributed by atoms with Crippen molar-refractivity contribution in [2.24, 2.45) is 0 Å². The first-order chi connectivity index (χ1) is 9.22. The predicted octanol–water partition coefficient (Wildman–Crippen LogP) is 3.85. The molecule has 1 aromatic carbocycles. The van der Waals surface area contributed by atoms with E-state index in [1.807, 2.05) is 0 Å². The van der Waals surface area contributed by atoms with Crippen LogP contribution in [0.4, 0.5) is 8.78 Å². The van der Waals surface area contributed by atoms with E-state index in [0.29, 0.717) is 24.3 Å². The lowest BCUT2D eigenvalue weighted by molar-refractivity contribution is 0.00761. The molecule has 2 bridgehead atoms. The van der Waals surface area contributed by atoms with Gasteiger partial charge in [-0.2, -0.15) is 0 Å². The highest BCUT2D eigenvalue weighted by Crippen LogP contribution is 2.30. The Morgan fingerprint density at radius 2 is 1.80 bits per heavy atom. The lowest BCUT2D eigenvalue weighted by Crippen LogP contribution is -2.41. The fraction of sp³-hybridized carbons (Fsp3) is 0.600. The van der Waals surface area contributed by atoms with E-state index in [-0.39, 0.29) is 24.1 Å². The third-order valence-electron chi connectivity index (χ3n) is 4.19. The van der Waals surface area contributed by atoms with Crippen molar-refractivity contribution < 1.29 is 13.5 Å². The van der Waals surface area contributed by atoms with Crippen LogP contribution in [-0.2, 0) is 11.3 Å². The third kappa shape index (κ3) is 3.48. The molecule has 3 rings (SSSR count). The summed E-state index contributed by atoms with van der Waals surface area (Å²) >= 11 is 0. The quantitative estimate of drug-likeness (QED) is 0.912. The summed E-state index contributed by atoms with van der Waals surface area (Å²) < 4.78 is 31.6. The SMILES string of the molecule is Cl.FC(F)c1ccccc1CO[C@H]1C[C@H]2CC[C@@H](C1)N2. The number of halogens is 3. The van der Waals surface area contributed by atoms with E-state index >= 15 is 0 Å². The lowest BCUT2D eigenvalue weighted by atomic mass is 10.0. The second-order valence-corrected chi connectivity index (χ2v) is 5.54. The van der Waals surface area contributed by atoms with Crippen molar-refractivity contribution in [2.45, 2.75) is 56.9 Å². The van der Waals surface area contributed by atoms with E-state index in [1.165, 1.54) is 18.9 Å². The van der Waals surface area contributed by atoms with Gasteiger partial charge in [0.15, 0.2) is 0 Å². The molecule has 2 aliphatic heterocycles. The van der Waals surface area contributed by atoms with Gasteiger partial charge in [0.2, 0.25) is 0 Å². The molecule has 1 aromatic rings. The van der Waals surface area contributed by atoms with Gasteiger partial charge in [0.1, 0.15) is 0 Å². The Hall–Kier alpha value is -0.710. The molecule has 3 atom stereocenters. The molecule has 2 nitrogen and oxygen atoms in total. The third-order valence-corrected chi connectivity index (χ3v) is 4.19. The zero-order chi connectivity index (χ0) is 13.2. The van der Waals surface area contributed by atoms with Crippen molar-refractivity contribution in [3.05, 3.63) is 35.4 Å². The molecule has 0 aliphatic carbocycles. The van der Waals surface area contributed by atoms with Gasteiger partial charge in [0, 0.05) is 17.6 Å². The number of fused-ring (bicyclic) bond motifs is 2. The van der Waals surface area contributed by atoms with Crippen molar-refractivity contribution in [3.63, 3.8) is 0 Å². The largest absolute Gasteiger partial charge is 0.373 e. The molecule has 0 spiro atoms. The van der Waals surface area contributed by atoms with Crippen LogP contribution < -0.4 is 5.32 Å². The predicted molar refractivity (Wildman–Crippen MR) is 76.4 cm³/mol. The second kappa shape index (κ2) is 6.83. The van der Waals surface area contributed by atoms with Crippen LogP contribution in [0.3, 0.4) is 0 Å². The van der Waals surface area contributed by atoms with Crippen molar-refractivity contribution in [3.8, 4) is 0 Å². The van der Waals surface area contributed by atoms with Crippen LogP contribution in [-0.4, -0.2) is 18.2 Å². The van der Waals surface area contributed by atoms with Crippen LogP contribution in [0.2, 0.25) is 0 Å². The maximum atomic E-state index is 12.9. The van der Waals surface area contributed by atoms with Crippen molar-refractivity contribution >= 4 is 12.4 Å². The molecule has 2 saturated heterocycles. The molecule has 0 amide bonds. The molecule has 2 aliphatic rings. The molecule has 0 saturated carbocycles. The highest BCUT2D eigenvalue weighted by atomic mass is 35.5. The summed E-state index contributed by atoms with van der Waals surface area (Å²) in [7, 11) is 0. The molecule has 5 heteroatoms. The number of piperidine rings is 1. The summed E-state index contributed by atoms with van der Waals surface area (Å²) in [5, 5.41) is 3.55. The minimum Gasteiger partial charge on any atom is -0.373 e. The number of ether oxygens (including phenoxy) is 1.